The van der Waals surface area contributed by atoms with Crippen molar-refractivity contribution in [1.29, 1.82) is 0 Å². The number of benzene rings is 3. The van der Waals surface area contributed by atoms with Crippen molar-refractivity contribution >= 4 is 35.2 Å². The number of para-hydroxylation sites is 2. The summed E-state index contributed by atoms with van der Waals surface area (Å²) < 4.78 is 0. The Bertz CT molecular complexity index is 1320. The Labute approximate surface area is 212 Å². The first-order valence-electron chi connectivity index (χ1n) is 12.0. The number of carbonyl (C=O) groups excluding carboxylic acids is 3. The fraction of sp³-hybridized carbons (Fsp3) is 0.233. The molecular formula is C30H31N3O3. The third-order valence-electron chi connectivity index (χ3n) is 6.31. The van der Waals surface area contributed by atoms with Crippen molar-refractivity contribution in [2.75, 3.05) is 10.6 Å². The lowest BCUT2D eigenvalue weighted by atomic mass is 9.87. The highest BCUT2D eigenvalue weighted by atomic mass is 16.2. The Kier molecular flexibility index (Phi) is 7.06. The predicted molar refractivity (Wildman–Crippen MR) is 144 cm³/mol. The average molecular weight is 482 g/mol. The second kappa shape index (κ2) is 10.2. The standard InChI is InChI=1S/C30H31N3O3/c1-20(34)33-18-17-21-9-5-6-10-24(21)27(33)19-28(35)31-25-11-7-8-12-26(25)32-29(36)22-13-15-23(16-14-22)30(2,3)4/h5-18,27H,19H2,1-4H3,(H,31,35)(H,32,36). The van der Waals surface area contributed by atoms with E-state index in [0.29, 0.717) is 16.9 Å². The van der Waals surface area contributed by atoms with Crippen molar-refractivity contribution in [3.8, 4) is 0 Å². The zero-order valence-electron chi connectivity index (χ0n) is 21.0. The van der Waals surface area contributed by atoms with Gasteiger partial charge >= 0.3 is 0 Å². The zero-order chi connectivity index (χ0) is 25.9. The summed E-state index contributed by atoms with van der Waals surface area (Å²) in [6.07, 6.45) is 3.68. The number of nitrogens with one attached hydrogen (secondary N) is 2. The quantitative estimate of drug-likeness (QED) is 0.459. The van der Waals surface area contributed by atoms with Gasteiger partial charge in [0.05, 0.1) is 23.8 Å². The van der Waals surface area contributed by atoms with Crippen LogP contribution in [0.1, 0.15) is 67.2 Å². The van der Waals surface area contributed by atoms with Crippen molar-refractivity contribution in [3.63, 3.8) is 0 Å². The van der Waals surface area contributed by atoms with Crippen LogP contribution < -0.4 is 10.6 Å². The van der Waals surface area contributed by atoms with E-state index in [4.69, 9.17) is 0 Å². The van der Waals surface area contributed by atoms with E-state index >= 15 is 0 Å². The van der Waals surface area contributed by atoms with Gasteiger partial charge in [-0.1, -0.05) is 69.3 Å². The van der Waals surface area contributed by atoms with E-state index < -0.39 is 6.04 Å². The van der Waals surface area contributed by atoms with Gasteiger partial charge in [-0.15, -0.1) is 0 Å². The van der Waals surface area contributed by atoms with Crippen LogP contribution in [-0.2, 0) is 15.0 Å². The molecule has 0 fully saturated rings. The Morgan fingerprint density at radius 2 is 1.44 bits per heavy atom. The molecule has 0 radical (unpaired) electrons. The van der Waals surface area contributed by atoms with Crippen LogP contribution in [0.2, 0.25) is 0 Å². The van der Waals surface area contributed by atoms with Crippen LogP contribution in [-0.4, -0.2) is 22.6 Å². The number of fused-ring (bicyclic) bond motifs is 1. The van der Waals surface area contributed by atoms with E-state index in [2.05, 4.69) is 31.4 Å². The second-order valence-corrected chi connectivity index (χ2v) is 9.97. The molecule has 1 heterocycles. The van der Waals surface area contributed by atoms with Gasteiger partial charge in [0.25, 0.3) is 5.91 Å². The summed E-state index contributed by atoms with van der Waals surface area (Å²) in [5.74, 6) is -0.650. The first kappa shape index (κ1) is 24.9. The molecular weight excluding hydrogens is 450 g/mol. The van der Waals surface area contributed by atoms with Crippen LogP contribution in [0.5, 0.6) is 0 Å². The molecule has 1 unspecified atom stereocenters. The Morgan fingerprint density at radius 3 is 2.08 bits per heavy atom. The van der Waals surface area contributed by atoms with E-state index in [9.17, 15) is 14.4 Å². The van der Waals surface area contributed by atoms with Gasteiger partial charge in [-0.2, -0.15) is 0 Å². The summed E-state index contributed by atoms with van der Waals surface area (Å²) in [5, 5.41) is 5.83. The summed E-state index contributed by atoms with van der Waals surface area (Å²) in [4.78, 5) is 39.8. The average Bonchev–Trinajstić information content (AvgIpc) is 2.84. The minimum atomic E-state index is -0.410. The molecule has 0 saturated heterocycles. The molecule has 1 atom stereocenters. The van der Waals surface area contributed by atoms with Gasteiger partial charge in [-0.25, -0.2) is 0 Å². The largest absolute Gasteiger partial charge is 0.324 e. The number of rotatable bonds is 5. The lowest BCUT2D eigenvalue weighted by Gasteiger charge is -2.32. The maximum Gasteiger partial charge on any atom is 0.255 e. The lowest BCUT2D eigenvalue weighted by molar-refractivity contribution is -0.129. The van der Waals surface area contributed by atoms with Gasteiger partial charge in [0.1, 0.15) is 0 Å². The number of amides is 3. The topological polar surface area (TPSA) is 78.5 Å². The zero-order valence-corrected chi connectivity index (χ0v) is 21.0. The number of nitrogens with zero attached hydrogens (tertiary/aromatic N) is 1. The van der Waals surface area contributed by atoms with Crippen molar-refractivity contribution in [3.05, 3.63) is 101 Å². The Balaban J connectivity index is 1.49. The van der Waals surface area contributed by atoms with E-state index in [1.165, 1.54) is 6.92 Å². The van der Waals surface area contributed by atoms with E-state index in [-0.39, 0.29) is 29.6 Å². The molecule has 0 saturated carbocycles. The van der Waals surface area contributed by atoms with Gasteiger partial charge in [0.15, 0.2) is 0 Å². The van der Waals surface area contributed by atoms with Crippen LogP contribution in [0.25, 0.3) is 6.08 Å². The first-order chi connectivity index (χ1) is 17.1. The van der Waals surface area contributed by atoms with Crippen LogP contribution in [0.3, 0.4) is 0 Å². The normalized spacial score (nSPS) is 14.7. The molecule has 4 rings (SSSR count). The fourth-order valence-electron chi connectivity index (χ4n) is 4.31. The van der Waals surface area contributed by atoms with Gasteiger partial charge in [-0.05, 0) is 52.4 Å². The van der Waals surface area contributed by atoms with Crippen LogP contribution in [0.15, 0.2) is 79.0 Å². The second-order valence-electron chi connectivity index (χ2n) is 9.97. The van der Waals surface area contributed by atoms with E-state index in [0.717, 1.165) is 16.7 Å². The predicted octanol–water partition coefficient (Wildman–Crippen LogP) is 6.14. The molecule has 6 nitrogen and oxygen atoms in total. The maximum absolute atomic E-state index is 13.1. The van der Waals surface area contributed by atoms with E-state index in [1.54, 1.807) is 35.4 Å². The van der Waals surface area contributed by atoms with Crippen LogP contribution in [0, 0.1) is 0 Å². The van der Waals surface area contributed by atoms with Gasteiger partial charge in [0.2, 0.25) is 11.8 Å². The van der Waals surface area contributed by atoms with Crippen molar-refractivity contribution < 1.29 is 14.4 Å². The smallest absolute Gasteiger partial charge is 0.255 e. The molecule has 0 aliphatic carbocycles. The Morgan fingerprint density at radius 1 is 0.833 bits per heavy atom. The summed E-state index contributed by atoms with van der Waals surface area (Å²) in [6.45, 7) is 7.86. The summed E-state index contributed by atoms with van der Waals surface area (Å²) >= 11 is 0. The molecule has 0 spiro atoms. The number of carbonyl (C=O) groups is 3. The SMILES string of the molecule is CC(=O)N1C=Cc2ccccc2C1CC(=O)Nc1ccccc1NC(=O)c1ccc(C(C)(C)C)cc1. The first-order valence-corrected chi connectivity index (χ1v) is 12.0. The van der Waals surface area contributed by atoms with E-state index in [1.807, 2.05) is 54.6 Å². The highest BCUT2D eigenvalue weighted by Gasteiger charge is 2.28. The molecule has 184 valence electrons. The fourth-order valence-corrected chi connectivity index (χ4v) is 4.31. The molecule has 1 aliphatic heterocycles. The summed E-state index contributed by atoms with van der Waals surface area (Å²) in [7, 11) is 0. The summed E-state index contributed by atoms with van der Waals surface area (Å²) in [5.41, 5.74) is 4.58. The van der Waals surface area contributed by atoms with Gasteiger partial charge in [-0.3, -0.25) is 14.4 Å². The number of anilines is 2. The third kappa shape index (κ3) is 5.54. The molecule has 6 heteroatoms. The van der Waals surface area contributed by atoms with Gasteiger partial charge < -0.3 is 15.5 Å². The van der Waals surface area contributed by atoms with Crippen molar-refractivity contribution in [2.24, 2.45) is 0 Å². The highest BCUT2D eigenvalue weighted by molar-refractivity contribution is 6.07. The molecule has 2 N–H and O–H groups in total. The van der Waals surface area contributed by atoms with Crippen LogP contribution >= 0.6 is 0 Å². The highest BCUT2D eigenvalue weighted by Crippen LogP contribution is 2.33. The molecule has 36 heavy (non-hydrogen) atoms. The minimum Gasteiger partial charge on any atom is -0.324 e. The number of hydrogen-bond donors (Lipinski definition) is 2. The van der Waals surface area contributed by atoms with Crippen LogP contribution in [0.4, 0.5) is 11.4 Å². The molecule has 0 bridgehead atoms. The molecule has 3 aromatic carbocycles. The van der Waals surface area contributed by atoms with Crippen molar-refractivity contribution in [2.45, 2.75) is 45.6 Å². The molecule has 1 aliphatic rings. The minimum absolute atomic E-state index is 0.00149. The monoisotopic (exact) mass is 481 g/mol. The third-order valence-corrected chi connectivity index (χ3v) is 6.31. The summed E-state index contributed by atoms with van der Waals surface area (Å²) in [6, 6.07) is 21.9. The van der Waals surface area contributed by atoms with Gasteiger partial charge in [0, 0.05) is 18.7 Å². The molecule has 3 amide bonds. The number of hydrogen-bond acceptors (Lipinski definition) is 3. The van der Waals surface area contributed by atoms with Crippen molar-refractivity contribution in [1.82, 2.24) is 4.90 Å². The lowest BCUT2D eigenvalue weighted by Crippen LogP contribution is -2.33. The molecule has 3 aromatic rings. The molecule has 0 aromatic heterocycles. The Hall–Kier alpha value is -4.19. The maximum atomic E-state index is 13.1.